The Labute approximate surface area is 210 Å². The molecule has 0 saturated heterocycles. The Kier molecular flexibility index (Phi) is 7.34. The lowest BCUT2D eigenvalue weighted by atomic mass is 10.1. The van der Waals surface area contributed by atoms with Crippen molar-refractivity contribution < 1.29 is 9.53 Å². The van der Waals surface area contributed by atoms with Crippen molar-refractivity contribution in [2.24, 2.45) is 0 Å². The minimum atomic E-state index is -0.442. The molecule has 0 aliphatic carbocycles. The van der Waals surface area contributed by atoms with Gasteiger partial charge >= 0.3 is 0 Å². The number of fused-ring (bicyclic) bond motifs is 1. The molecule has 0 aliphatic rings. The second-order valence-electron chi connectivity index (χ2n) is 7.78. The number of rotatable bonds is 7. The first-order valence-corrected chi connectivity index (χ1v) is 12.0. The summed E-state index contributed by atoms with van der Waals surface area (Å²) in [7, 11) is 1.70. The van der Waals surface area contributed by atoms with Crippen molar-refractivity contribution in [3.8, 4) is 11.4 Å². The first-order valence-electron chi connectivity index (χ1n) is 10.8. The summed E-state index contributed by atoms with van der Waals surface area (Å²) in [6, 6.07) is 21.1. The maximum atomic E-state index is 13.6. The number of para-hydroxylation sites is 1. The van der Waals surface area contributed by atoms with Crippen LogP contribution in [0.5, 0.6) is 5.75 Å². The number of benzene rings is 3. The Morgan fingerprint density at radius 2 is 1.76 bits per heavy atom. The third-order valence-corrected chi connectivity index (χ3v) is 6.39. The molecule has 1 unspecified atom stereocenters. The van der Waals surface area contributed by atoms with Crippen molar-refractivity contribution in [2.75, 3.05) is 13.7 Å². The highest BCUT2D eigenvalue weighted by Gasteiger charge is 2.26. The molecule has 0 spiro atoms. The van der Waals surface area contributed by atoms with Crippen LogP contribution in [0.15, 0.2) is 82.1 Å². The van der Waals surface area contributed by atoms with E-state index in [0.29, 0.717) is 39.6 Å². The number of carbonyl (C=O) groups is 1. The molecular formula is C26H23BrClN3O3. The average Bonchev–Trinajstić information content (AvgIpc) is 2.85. The average molecular weight is 541 g/mol. The fourth-order valence-electron chi connectivity index (χ4n) is 3.79. The van der Waals surface area contributed by atoms with Crippen LogP contribution >= 0.6 is 27.5 Å². The van der Waals surface area contributed by atoms with Crippen molar-refractivity contribution in [2.45, 2.75) is 19.4 Å². The van der Waals surface area contributed by atoms with Crippen LogP contribution in [0.3, 0.4) is 0 Å². The van der Waals surface area contributed by atoms with E-state index in [4.69, 9.17) is 21.3 Å². The monoisotopic (exact) mass is 539 g/mol. The van der Waals surface area contributed by atoms with E-state index < -0.39 is 6.04 Å². The van der Waals surface area contributed by atoms with E-state index in [1.807, 2.05) is 49.4 Å². The molecule has 0 N–H and O–H groups in total. The summed E-state index contributed by atoms with van der Waals surface area (Å²) in [4.78, 5) is 33.0. The molecule has 174 valence electrons. The fourth-order valence-corrected chi connectivity index (χ4v) is 4.18. The summed E-state index contributed by atoms with van der Waals surface area (Å²) >= 11 is 9.36. The topological polar surface area (TPSA) is 64.4 Å². The summed E-state index contributed by atoms with van der Waals surface area (Å²) in [5.41, 5.74) is 1.09. The summed E-state index contributed by atoms with van der Waals surface area (Å²) < 4.78 is 8.14. The van der Waals surface area contributed by atoms with Gasteiger partial charge < -0.3 is 9.64 Å². The molecule has 0 radical (unpaired) electrons. The number of amides is 1. The van der Waals surface area contributed by atoms with Gasteiger partial charge in [-0.25, -0.2) is 4.98 Å². The predicted octanol–water partition coefficient (Wildman–Crippen LogP) is 5.79. The van der Waals surface area contributed by atoms with E-state index in [-0.39, 0.29) is 18.1 Å². The van der Waals surface area contributed by atoms with Gasteiger partial charge in [-0.1, -0.05) is 46.6 Å². The Hall–Kier alpha value is -3.16. The number of aromatic nitrogens is 2. The van der Waals surface area contributed by atoms with E-state index >= 15 is 0 Å². The molecule has 4 aromatic rings. The second-order valence-corrected chi connectivity index (χ2v) is 9.13. The highest BCUT2D eigenvalue weighted by atomic mass is 79.9. The van der Waals surface area contributed by atoms with Crippen molar-refractivity contribution in [1.82, 2.24) is 14.5 Å². The zero-order valence-corrected chi connectivity index (χ0v) is 21.1. The van der Waals surface area contributed by atoms with Gasteiger partial charge in [0.2, 0.25) is 0 Å². The van der Waals surface area contributed by atoms with E-state index in [1.165, 1.54) is 0 Å². The van der Waals surface area contributed by atoms with Gasteiger partial charge in [-0.15, -0.1) is 0 Å². The first kappa shape index (κ1) is 24.0. The minimum absolute atomic E-state index is 0.148. The zero-order valence-electron chi connectivity index (χ0n) is 18.7. The molecule has 0 bridgehead atoms. The van der Waals surface area contributed by atoms with Gasteiger partial charge in [-0.2, -0.15) is 0 Å². The molecule has 8 heteroatoms. The van der Waals surface area contributed by atoms with Crippen molar-refractivity contribution in [3.63, 3.8) is 0 Å². The van der Waals surface area contributed by atoms with Crippen LogP contribution in [-0.4, -0.2) is 34.0 Å². The maximum Gasteiger partial charge on any atom is 0.266 e. The number of likely N-dealkylation sites (N-methyl/N-ethyl adjacent to an activating group) is 1. The number of hydrogen-bond donors (Lipinski definition) is 0. The maximum absolute atomic E-state index is 13.6. The van der Waals surface area contributed by atoms with Gasteiger partial charge in [0, 0.05) is 16.5 Å². The number of ether oxygens (including phenoxy) is 1. The van der Waals surface area contributed by atoms with E-state index in [2.05, 4.69) is 15.9 Å². The summed E-state index contributed by atoms with van der Waals surface area (Å²) in [6.07, 6.45) is 0.560. The summed E-state index contributed by atoms with van der Waals surface area (Å²) in [6.45, 7) is 1.81. The van der Waals surface area contributed by atoms with E-state index in [9.17, 15) is 9.59 Å². The Bertz CT molecular complexity index is 1370. The molecule has 1 aromatic heterocycles. The third kappa shape index (κ3) is 5.00. The normalized spacial score (nSPS) is 11.9. The summed E-state index contributed by atoms with van der Waals surface area (Å²) in [5.74, 6) is 0.817. The van der Waals surface area contributed by atoms with Crippen LogP contribution in [0.1, 0.15) is 25.2 Å². The summed E-state index contributed by atoms with van der Waals surface area (Å²) in [5, 5.41) is 1.11. The van der Waals surface area contributed by atoms with Crippen LogP contribution in [0.25, 0.3) is 16.6 Å². The third-order valence-electron chi connectivity index (χ3n) is 5.61. The van der Waals surface area contributed by atoms with Crippen LogP contribution < -0.4 is 10.3 Å². The second kappa shape index (κ2) is 10.4. The van der Waals surface area contributed by atoms with Gasteiger partial charge in [0.1, 0.15) is 11.6 Å². The van der Waals surface area contributed by atoms with Gasteiger partial charge in [-0.3, -0.25) is 14.2 Å². The molecular weight excluding hydrogens is 518 g/mol. The van der Waals surface area contributed by atoms with Crippen LogP contribution in [0.2, 0.25) is 5.02 Å². The smallest absolute Gasteiger partial charge is 0.266 e. The Morgan fingerprint density at radius 3 is 2.44 bits per heavy atom. The lowest BCUT2D eigenvalue weighted by molar-refractivity contribution is -0.134. The molecule has 1 amide bonds. The van der Waals surface area contributed by atoms with Crippen LogP contribution in [0, 0.1) is 0 Å². The highest BCUT2D eigenvalue weighted by Crippen LogP contribution is 2.26. The number of carbonyl (C=O) groups excluding carboxylic acids is 1. The van der Waals surface area contributed by atoms with Crippen LogP contribution in [0.4, 0.5) is 0 Å². The largest absolute Gasteiger partial charge is 0.484 e. The Morgan fingerprint density at radius 1 is 1.09 bits per heavy atom. The predicted molar refractivity (Wildman–Crippen MR) is 138 cm³/mol. The molecule has 34 heavy (non-hydrogen) atoms. The number of nitrogens with zero attached hydrogens (tertiary/aromatic N) is 3. The molecule has 3 aromatic carbocycles. The van der Waals surface area contributed by atoms with E-state index in [0.717, 1.165) is 4.47 Å². The highest BCUT2D eigenvalue weighted by molar-refractivity contribution is 9.10. The quantitative estimate of drug-likeness (QED) is 0.298. The first-order chi connectivity index (χ1) is 16.4. The molecule has 0 aliphatic heterocycles. The number of hydrogen-bond acceptors (Lipinski definition) is 4. The van der Waals surface area contributed by atoms with Gasteiger partial charge in [0.25, 0.3) is 11.5 Å². The van der Waals surface area contributed by atoms with Gasteiger partial charge in [-0.05, 0) is 67.1 Å². The van der Waals surface area contributed by atoms with Gasteiger partial charge in [0.05, 0.1) is 22.6 Å². The van der Waals surface area contributed by atoms with E-state index in [1.54, 1.807) is 46.8 Å². The molecule has 4 rings (SSSR count). The zero-order chi connectivity index (χ0) is 24.2. The molecule has 1 atom stereocenters. The molecule has 1 heterocycles. The van der Waals surface area contributed by atoms with Crippen molar-refractivity contribution in [3.05, 3.63) is 98.5 Å². The van der Waals surface area contributed by atoms with Crippen molar-refractivity contribution >= 4 is 44.3 Å². The minimum Gasteiger partial charge on any atom is -0.484 e. The lowest BCUT2D eigenvalue weighted by Crippen LogP contribution is -2.38. The molecule has 0 saturated carbocycles. The van der Waals surface area contributed by atoms with Gasteiger partial charge in [0.15, 0.2) is 6.61 Å². The lowest BCUT2D eigenvalue weighted by Gasteiger charge is -2.29. The fraction of sp³-hybridized carbons (Fsp3) is 0.192. The molecule has 6 nitrogen and oxygen atoms in total. The van der Waals surface area contributed by atoms with Crippen molar-refractivity contribution in [1.29, 1.82) is 0 Å². The Balaban J connectivity index is 1.72. The molecule has 0 fully saturated rings. The standard InChI is InChI=1S/C26H23BrClN3O3/c1-3-23(30(2)24(32)16-34-20-14-10-18(28)11-15-20)25-29-22-7-5-4-6-21(22)26(33)31(25)19-12-8-17(27)9-13-19/h4-15,23H,3,16H2,1-2H3. The SMILES string of the molecule is CCC(c1nc2ccccc2c(=O)n1-c1ccc(Br)cc1)N(C)C(=O)COc1ccc(Cl)cc1. The number of halogens is 2. The van der Waals surface area contributed by atoms with Crippen LogP contribution in [-0.2, 0) is 4.79 Å².